The Kier molecular flexibility index (Phi) is 5.05. The van der Waals surface area contributed by atoms with Crippen molar-refractivity contribution in [3.8, 4) is 0 Å². The van der Waals surface area contributed by atoms with Crippen LogP contribution in [0.25, 0.3) is 0 Å². The predicted octanol–water partition coefficient (Wildman–Crippen LogP) is 2.94. The molecule has 1 aromatic rings. The zero-order valence-electron chi connectivity index (χ0n) is 11.6. The summed E-state index contributed by atoms with van der Waals surface area (Å²) in [5, 5.41) is 3.28. The van der Waals surface area contributed by atoms with Gasteiger partial charge in [-0.3, -0.25) is 0 Å². The summed E-state index contributed by atoms with van der Waals surface area (Å²) in [5.74, 6) is 0. The highest BCUT2D eigenvalue weighted by Gasteiger charge is 2.25. The lowest BCUT2D eigenvalue weighted by atomic mass is 9.99. The maximum absolute atomic E-state index is 5.65. The van der Waals surface area contributed by atoms with Crippen molar-refractivity contribution in [2.24, 2.45) is 0 Å². The van der Waals surface area contributed by atoms with E-state index in [4.69, 9.17) is 4.42 Å². The van der Waals surface area contributed by atoms with Crippen LogP contribution in [-0.2, 0) is 6.54 Å². The molecule has 18 heavy (non-hydrogen) atoms. The third-order valence-electron chi connectivity index (χ3n) is 3.59. The molecule has 4 nitrogen and oxygen atoms in total. The molecule has 0 spiro atoms. The molecule has 0 aromatic carbocycles. The Balaban J connectivity index is 2.01. The van der Waals surface area contributed by atoms with Gasteiger partial charge in [0.2, 0.25) is 0 Å². The summed E-state index contributed by atoms with van der Waals surface area (Å²) in [4.78, 5) is 6.96. The number of piperidine rings is 1. The minimum atomic E-state index is 0.620. The van der Waals surface area contributed by atoms with Crippen molar-refractivity contribution >= 4 is 6.01 Å². The molecule has 0 amide bonds. The molecule has 1 atom stereocenters. The van der Waals surface area contributed by atoms with Crippen molar-refractivity contribution in [3.63, 3.8) is 0 Å². The van der Waals surface area contributed by atoms with Crippen LogP contribution >= 0.6 is 0 Å². The van der Waals surface area contributed by atoms with Gasteiger partial charge in [0.1, 0.15) is 6.26 Å². The van der Waals surface area contributed by atoms with Gasteiger partial charge in [-0.15, -0.1) is 0 Å². The van der Waals surface area contributed by atoms with Crippen molar-refractivity contribution in [3.05, 3.63) is 12.0 Å². The second-order valence-electron chi connectivity index (χ2n) is 5.03. The van der Waals surface area contributed by atoms with Crippen LogP contribution in [0.1, 0.15) is 51.6 Å². The number of oxazole rings is 1. The summed E-state index contributed by atoms with van der Waals surface area (Å²) in [6.45, 7) is 7.20. The molecule has 1 aliphatic heterocycles. The lowest BCUT2D eigenvalue weighted by molar-refractivity contribution is 0.399. The number of anilines is 1. The highest BCUT2D eigenvalue weighted by Crippen LogP contribution is 2.26. The zero-order valence-corrected chi connectivity index (χ0v) is 11.6. The Morgan fingerprint density at radius 3 is 3.11 bits per heavy atom. The van der Waals surface area contributed by atoms with Crippen molar-refractivity contribution in [1.82, 2.24) is 10.3 Å². The van der Waals surface area contributed by atoms with Crippen LogP contribution in [0.15, 0.2) is 10.7 Å². The SMILES string of the molecule is CCCC1CCCCN1c1nc(CNCC)co1. The van der Waals surface area contributed by atoms with E-state index in [-0.39, 0.29) is 0 Å². The van der Waals surface area contributed by atoms with Crippen LogP contribution in [0.4, 0.5) is 6.01 Å². The summed E-state index contributed by atoms with van der Waals surface area (Å²) in [5.41, 5.74) is 1.01. The van der Waals surface area contributed by atoms with Gasteiger partial charge in [-0.2, -0.15) is 4.98 Å². The molecule has 1 aliphatic rings. The van der Waals surface area contributed by atoms with E-state index in [2.05, 4.69) is 29.0 Å². The molecule has 0 aliphatic carbocycles. The molecule has 2 rings (SSSR count). The van der Waals surface area contributed by atoms with E-state index in [1.165, 1.54) is 32.1 Å². The van der Waals surface area contributed by atoms with E-state index in [9.17, 15) is 0 Å². The quantitative estimate of drug-likeness (QED) is 0.844. The average molecular weight is 251 g/mol. The molecule has 1 unspecified atom stereocenters. The van der Waals surface area contributed by atoms with Crippen LogP contribution in [0.3, 0.4) is 0 Å². The lowest BCUT2D eigenvalue weighted by Crippen LogP contribution is -2.39. The number of hydrogen-bond acceptors (Lipinski definition) is 4. The van der Waals surface area contributed by atoms with E-state index in [1.807, 2.05) is 0 Å². The van der Waals surface area contributed by atoms with E-state index in [0.717, 1.165) is 31.3 Å². The smallest absolute Gasteiger partial charge is 0.297 e. The minimum Gasteiger partial charge on any atom is -0.432 e. The number of nitrogens with one attached hydrogen (secondary N) is 1. The van der Waals surface area contributed by atoms with Crippen LogP contribution in [-0.4, -0.2) is 24.1 Å². The van der Waals surface area contributed by atoms with Gasteiger partial charge in [0.15, 0.2) is 0 Å². The Bertz CT molecular complexity index is 349. The Labute approximate surface area is 110 Å². The largest absolute Gasteiger partial charge is 0.432 e. The van der Waals surface area contributed by atoms with Gasteiger partial charge in [-0.1, -0.05) is 20.3 Å². The van der Waals surface area contributed by atoms with Gasteiger partial charge in [0, 0.05) is 19.1 Å². The normalized spacial score (nSPS) is 20.3. The maximum atomic E-state index is 5.65. The van der Waals surface area contributed by atoms with Crippen molar-refractivity contribution in [2.45, 2.75) is 58.5 Å². The van der Waals surface area contributed by atoms with Crippen molar-refractivity contribution in [1.29, 1.82) is 0 Å². The number of aromatic nitrogens is 1. The van der Waals surface area contributed by atoms with Crippen LogP contribution in [0, 0.1) is 0 Å². The Hall–Kier alpha value is -1.03. The Morgan fingerprint density at radius 2 is 2.33 bits per heavy atom. The summed E-state index contributed by atoms with van der Waals surface area (Å²) < 4.78 is 5.65. The summed E-state index contributed by atoms with van der Waals surface area (Å²) >= 11 is 0. The second kappa shape index (κ2) is 6.78. The standard InChI is InChI=1S/C14H25N3O/c1-3-7-13-8-5-6-9-17(13)14-16-12(11-18-14)10-15-4-2/h11,13,15H,3-10H2,1-2H3. The van der Waals surface area contributed by atoms with E-state index in [0.29, 0.717) is 6.04 Å². The number of rotatable bonds is 6. The van der Waals surface area contributed by atoms with Gasteiger partial charge >= 0.3 is 0 Å². The molecule has 0 radical (unpaired) electrons. The van der Waals surface area contributed by atoms with Gasteiger partial charge in [0.05, 0.1) is 5.69 Å². The monoisotopic (exact) mass is 251 g/mol. The second-order valence-corrected chi connectivity index (χ2v) is 5.03. The van der Waals surface area contributed by atoms with E-state index >= 15 is 0 Å². The molecule has 102 valence electrons. The van der Waals surface area contributed by atoms with Gasteiger partial charge < -0.3 is 14.6 Å². The summed E-state index contributed by atoms with van der Waals surface area (Å²) in [6.07, 6.45) is 8.13. The molecule has 1 saturated heterocycles. The zero-order chi connectivity index (χ0) is 12.8. The molecule has 1 N–H and O–H groups in total. The average Bonchev–Trinajstić information content (AvgIpc) is 2.86. The van der Waals surface area contributed by atoms with Gasteiger partial charge in [-0.25, -0.2) is 0 Å². The molecule has 4 heteroatoms. The van der Waals surface area contributed by atoms with Gasteiger partial charge in [-0.05, 0) is 32.2 Å². The van der Waals surface area contributed by atoms with Crippen molar-refractivity contribution < 1.29 is 4.42 Å². The molecule has 0 bridgehead atoms. The van der Waals surface area contributed by atoms with Crippen LogP contribution in [0.2, 0.25) is 0 Å². The van der Waals surface area contributed by atoms with E-state index in [1.54, 1.807) is 6.26 Å². The fraction of sp³-hybridized carbons (Fsp3) is 0.786. The summed E-state index contributed by atoms with van der Waals surface area (Å²) in [7, 11) is 0. The van der Waals surface area contributed by atoms with Gasteiger partial charge in [0.25, 0.3) is 6.01 Å². The third kappa shape index (κ3) is 3.25. The molecule has 0 saturated carbocycles. The predicted molar refractivity (Wildman–Crippen MR) is 73.8 cm³/mol. The van der Waals surface area contributed by atoms with Crippen molar-refractivity contribution in [2.75, 3.05) is 18.0 Å². The molecular formula is C14H25N3O. The fourth-order valence-electron chi connectivity index (χ4n) is 2.65. The summed E-state index contributed by atoms with van der Waals surface area (Å²) in [6, 6.07) is 1.44. The minimum absolute atomic E-state index is 0.620. The highest BCUT2D eigenvalue weighted by molar-refractivity contribution is 5.30. The molecule has 2 heterocycles. The first kappa shape index (κ1) is 13.4. The first-order valence-electron chi connectivity index (χ1n) is 7.27. The highest BCUT2D eigenvalue weighted by atomic mass is 16.4. The number of nitrogens with zero attached hydrogens (tertiary/aromatic N) is 2. The Morgan fingerprint density at radius 1 is 1.44 bits per heavy atom. The van der Waals surface area contributed by atoms with Crippen LogP contribution < -0.4 is 10.2 Å². The van der Waals surface area contributed by atoms with Crippen LogP contribution in [0.5, 0.6) is 0 Å². The lowest BCUT2D eigenvalue weighted by Gasteiger charge is -2.34. The molecular weight excluding hydrogens is 226 g/mol. The molecule has 1 aromatic heterocycles. The molecule has 1 fully saturated rings. The topological polar surface area (TPSA) is 41.3 Å². The maximum Gasteiger partial charge on any atom is 0.297 e. The number of hydrogen-bond donors (Lipinski definition) is 1. The van der Waals surface area contributed by atoms with E-state index < -0.39 is 0 Å². The first-order chi connectivity index (χ1) is 8.85. The fourth-order valence-corrected chi connectivity index (χ4v) is 2.65. The third-order valence-corrected chi connectivity index (χ3v) is 3.59. The first-order valence-corrected chi connectivity index (χ1v) is 7.27.